The summed E-state index contributed by atoms with van der Waals surface area (Å²) in [5.41, 5.74) is 1.57. The zero-order valence-electron chi connectivity index (χ0n) is 18.5. The Hall–Kier alpha value is -3.36. The summed E-state index contributed by atoms with van der Waals surface area (Å²) in [6.45, 7) is 2.77. The molecular formula is C23H28F2N2O5. The Morgan fingerprint density at radius 2 is 1.66 bits per heavy atom. The molecule has 0 bridgehead atoms. The quantitative estimate of drug-likeness (QED) is 0.586. The van der Waals surface area contributed by atoms with Crippen LogP contribution in [0.15, 0.2) is 42.5 Å². The lowest BCUT2D eigenvalue weighted by molar-refractivity contribution is -0.120. The molecule has 0 fully saturated rings. The number of benzene rings is 2. The van der Waals surface area contributed by atoms with Crippen molar-refractivity contribution in [3.8, 4) is 11.5 Å². The molecule has 0 aliphatic heterocycles. The lowest BCUT2D eigenvalue weighted by Gasteiger charge is -2.19. The van der Waals surface area contributed by atoms with E-state index in [1.807, 2.05) is 0 Å². The summed E-state index contributed by atoms with van der Waals surface area (Å²) in [4.78, 5) is 24.0. The summed E-state index contributed by atoms with van der Waals surface area (Å²) in [7, 11) is 1.37. The molecule has 0 saturated carbocycles. The topological polar surface area (TPSA) is 85.9 Å². The number of amides is 2. The van der Waals surface area contributed by atoms with Gasteiger partial charge >= 0.3 is 12.7 Å². The van der Waals surface area contributed by atoms with Crippen LogP contribution in [-0.4, -0.2) is 37.9 Å². The molecule has 0 aliphatic rings. The van der Waals surface area contributed by atoms with Crippen molar-refractivity contribution in [1.29, 1.82) is 0 Å². The molecule has 32 heavy (non-hydrogen) atoms. The van der Waals surface area contributed by atoms with E-state index in [1.165, 1.54) is 13.2 Å². The highest BCUT2D eigenvalue weighted by Gasteiger charge is 2.16. The zero-order valence-corrected chi connectivity index (χ0v) is 18.5. The summed E-state index contributed by atoms with van der Waals surface area (Å²) < 4.78 is 39.4. The number of hydrogen-bond acceptors (Lipinski definition) is 5. The monoisotopic (exact) mass is 450 g/mol. The van der Waals surface area contributed by atoms with Gasteiger partial charge in [-0.2, -0.15) is 8.78 Å². The summed E-state index contributed by atoms with van der Waals surface area (Å²) in [6.07, 6.45) is 0.126. The van der Waals surface area contributed by atoms with Gasteiger partial charge in [0.2, 0.25) is 5.91 Å². The van der Waals surface area contributed by atoms with Crippen LogP contribution in [0.3, 0.4) is 0 Å². The number of carbonyl (C=O) groups is 2. The Morgan fingerprint density at radius 3 is 2.25 bits per heavy atom. The number of hydrogen-bond donors (Lipinski definition) is 2. The van der Waals surface area contributed by atoms with Gasteiger partial charge in [-0.15, -0.1) is 0 Å². The SMILES string of the molecule is COc1cc(CCNC(=O)Cc2ccc(NC(=O)OC(C)(C)C)cc2)ccc1OC(F)F. The minimum atomic E-state index is -2.93. The summed E-state index contributed by atoms with van der Waals surface area (Å²) in [6, 6.07) is 11.5. The maximum atomic E-state index is 12.4. The molecule has 2 N–H and O–H groups in total. The number of anilines is 1. The van der Waals surface area contributed by atoms with Gasteiger partial charge in [0.15, 0.2) is 11.5 Å². The van der Waals surface area contributed by atoms with Crippen LogP contribution in [-0.2, 0) is 22.4 Å². The van der Waals surface area contributed by atoms with Crippen LogP contribution in [0.25, 0.3) is 0 Å². The van der Waals surface area contributed by atoms with Gasteiger partial charge < -0.3 is 19.5 Å². The summed E-state index contributed by atoms with van der Waals surface area (Å²) in [5, 5.41) is 5.45. The van der Waals surface area contributed by atoms with Gasteiger partial charge in [-0.3, -0.25) is 10.1 Å². The molecule has 0 unspecified atom stereocenters. The van der Waals surface area contributed by atoms with E-state index in [9.17, 15) is 18.4 Å². The van der Waals surface area contributed by atoms with E-state index < -0.39 is 18.3 Å². The Labute approximate surface area is 186 Å². The molecule has 0 spiro atoms. The van der Waals surface area contributed by atoms with Crippen molar-refractivity contribution in [2.45, 2.75) is 45.8 Å². The van der Waals surface area contributed by atoms with Gasteiger partial charge in [-0.25, -0.2) is 4.79 Å². The van der Waals surface area contributed by atoms with E-state index in [4.69, 9.17) is 9.47 Å². The summed E-state index contributed by atoms with van der Waals surface area (Å²) >= 11 is 0. The van der Waals surface area contributed by atoms with Gasteiger partial charge in [0.25, 0.3) is 0 Å². The first-order valence-corrected chi connectivity index (χ1v) is 10.0. The number of carbonyl (C=O) groups excluding carboxylic acids is 2. The normalized spacial score (nSPS) is 11.1. The van der Waals surface area contributed by atoms with Crippen LogP contribution >= 0.6 is 0 Å². The Bertz CT molecular complexity index is 912. The Kier molecular flexibility index (Phi) is 8.80. The predicted molar refractivity (Wildman–Crippen MR) is 116 cm³/mol. The third-order valence-electron chi connectivity index (χ3n) is 4.14. The molecule has 7 nitrogen and oxygen atoms in total. The maximum Gasteiger partial charge on any atom is 0.412 e. The van der Waals surface area contributed by atoms with E-state index in [0.717, 1.165) is 11.1 Å². The minimum absolute atomic E-state index is 0.0418. The Morgan fingerprint density at radius 1 is 1.00 bits per heavy atom. The molecule has 2 amide bonds. The highest BCUT2D eigenvalue weighted by atomic mass is 19.3. The molecule has 174 valence electrons. The van der Waals surface area contributed by atoms with Crippen molar-refractivity contribution in [2.24, 2.45) is 0 Å². The van der Waals surface area contributed by atoms with Crippen molar-refractivity contribution in [2.75, 3.05) is 19.0 Å². The second kappa shape index (κ2) is 11.3. The zero-order chi connectivity index (χ0) is 23.7. The van der Waals surface area contributed by atoms with Crippen LogP contribution < -0.4 is 20.1 Å². The van der Waals surface area contributed by atoms with E-state index >= 15 is 0 Å². The smallest absolute Gasteiger partial charge is 0.412 e. The number of alkyl halides is 2. The first-order valence-electron chi connectivity index (χ1n) is 10.0. The molecule has 0 atom stereocenters. The van der Waals surface area contributed by atoms with Crippen molar-refractivity contribution in [3.05, 3.63) is 53.6 Å². The minimum Gasteiger partial charge on any atom is -0.493 e. The molecule has 9 heteroatoms. The molecule has 0 aliphatic carbocycles. The van der Waals surface area contributed by atoms with Gasteiger partial charge in [0, 0.05) is 12.2 Å². The lowest BCUT2D eigenvalue weighted by Crippen LogP contribution is -2.27. The maximum absolute atomic E-state index is 12.4. The summed E-state index contributed by atoms with van der Waals surface area (Å²) in [5.74, 6) is -0.00318. The standard InChI is InChI=1S/C23H28F2N2O5/c1-23(2,3)32-22(29)27-17-8-5-15(6-9-17)14-20(28)26-12-11-16-7-10-18(31-21(24)25)19(13-16)30-4/h5-10,13,21H,11-12,14H2,1-4H3,(H,26,28)(H,27,29). The average molecular weight is 450 g/mol. The third kappa shape index (κ3) is 8.79. The average Bonchev–Trinajstić information content (AvgIpc) is 2.68. The molecule has 0 radical (unpaired) electrons. The molecule has 2 aromatic carbocycles. The van der Waals surface area contributed by atoms with Crippen LogP contribution in [0, 0.1) is 0 Å². The van der Waals surface area contributed by atoms with Crippen LogP contribution in [0.4, 0.5) is 19.3 Å². The predicted octanol–water partition coefficient (Wildman–Crippen LogP) is 4.55. The van der Waals surface area contributed by atoms with Crippen molar-refractivity contribution in [3.63, 3.8) is 0 Å². The van der Waals surface area contributed by atoms with Crippen molar-refractivity contribution >= 4 is 17.7 Å². The van der Waals surface area contributed by atoms with E-state index in [-0.39, 0.29) is 23.8 Å². The van der Waals surface area contributed by atoms with E-state index in [1.54, 1.807) is 57.2 Å². The number of nitrogens with one attached hydrogen (secondary N) is 2. The Balaban J connectivity index is 1.80. The van der Waals surface area contributed by atoms with Gasteiger partial charge in [-0.05, 0) is 62.6 Å². The third-order valence-corrected chi connectivity index (χ3v) is 4.14. The second-order valence-electron chi connectivity index (χ2n) is 7.96. The van der Waals surface area contributed by atoms with Gasteiger partial charge in [-0.1, -0.05) is 18.2 Å². The highest BCUT2D eigenvalue weighted by Crippen LogP contribution is 2.29. The molecular weight excluding hydrogens is 422 g/mol. The first kappa shape index (κ1) is 24.9. The van der Waals surface area contributed by atoms with Crippen molar-refractivity contribution in [1.82, 2.24) is 5.32 Å². The fraction of sp³-hybridized carbons (Fsp3) is 0.391. The number of halogens is 2. The molecule has 0 aromatic heterocycles. The van der Waals surface area contributed by atoms with E-state index in [0.29, 0.717) is 18.7 Å². The lowest BCUT2D eigenvalue weighted by atomic mass is 10.1. The molecule has 0 saturated heterocycles. The first-order chi connectivity index (χ1) is 15.1. The van der Waals surface area contributed by atoms with Crippen LogP contribution in [0.5, 0.6) is 11.5 Å². The second-order valence-corrected chi connectivity index (χ2v) is 7.96. The fourth-order valence-electron chi connectivity index (χ4n) is 2.78. The number of ether oxygens (including phenoxy) is 3. The van der Waals surface area contributed by atoms with Gasteiger partial charge in [0.05, 0.1) is 13.5 Å². The van der Waals surface area contributed by atoms with Crippen molar-refractivity contribution < 1.29 is 32.6 Å². The van der Waals surface area contributed by atoms with Gasteiger partial charge in [0.1, 0.15) is 5.60 Å². The highest BCUT2D eigenvalue weighted by molar-refractivity contribution is 5.85. The number of rotatable bonds is 9. The number of methoxy groups -OCH3 is 1. The van der Waals surface area contributed by atoms with E-state index in [2.05, 4.69) is 15.4 Å². The largest absolute Gasteiger partial charge is 0.493 e. The molecule has 2 aromatic rings. The fourth-order valence-corrected chi connectivity index (χ4v) is 2.78. The van der Waals surface area contributed by atoms with Crippen LogP contribution in [0.2, 0.25) is 0 Å². The molecule has 2 rings (SSSR count). The van der Waals surface area contributed by atoms with Crippen LogP contribution in [0.1, 0.15) is 31.9 Å². The molecule has 0 heterocycles.